The fourth-order valence-corrected chi connectivity index (χ4v) is 1.62. The van der Waals surface area contributed by atoms with Crippen LogP contribution in [0, 0.1) is 0 Å². The second-order valence-corrected chi connectivity index (χ2v) is 5.13. The molecule has 0 bridgehead atoms. The normalized spacial score (nSPS) is 13.8. The van der Waals surface area contributed by atoms with Crippen molar-refractivity contribution >= 4 is 12.0 Å². The summed E-state index contributed by atoms with van der Waals surface area (Å²) in [6, 6.07) is -1.36. The van der Waals surface area contributed by atoms with Crippen LogP contribution in [-0.4, -0.2) is 60.0 Å². The Balaban J connectivity index is 5.10. The number of hydrogen-bond donors (Lipinski definition) is 2. The average Bonchev–Trinajstić information content (AvgIpc) is 2.21. The van der Waals surface area contributed by atoms with E-state index in [0.29, 0.717) is 0 Å². The van der Waals surface area contributed by atoms with Crippen LogP contribution in [0.4, 0.5) is 18.0 Å². The molecule has 0 aromatic carbocycles. The van der Waals surface area contributed by atoms with Gasteiger partial charge in [0.05, 0.1) is 6.61 Å². The van der Waals surface area contributed by atoms with Crippen molar-refractivity contribution in [2.24, 2.45) is 0 Å². The van der Waals surface area contributed by atoms with Crippen LogP contribution in [0.5, 0.6) is 0 Å². The molecule has 9 heteroatoms. The van der Waals surface area contributed by atoms with E-state index in [2.05, 4.69) is 0 Å². The third-order valence-electron chi connectivity index (χ3n) is 2.33. The van der Waals surface area contributed by atoms with Gasteiger partial charge in [-0.05, 0) is 20.8 Å². The van der Waals surface area contributed by atoms with Gasteiger partial charge in [0.2, 0.25) is 5.91 Å². The highest BCUT2D eigenvalue weighted by Crippen LogP contribution is 2.19. The zero-order valence-corrected chi connectivity index (χ0v) is 11.7. The number of nitrogens with one attached hydrogen (secondary N) is 1. The summed E-state index contributed by atoms with van der Waals surface area (Å²) >= 11 is 0. The molecule has 0 saturated heterocycles. The van der Waals surface area contributed by atoms with Gasteiger partial charge in [0.25, 0.3) is 0 Å². The summed E-state index contributed by atoms with van der Waals surface area (Å²) in [5.41, 5.74) is -0.968. The van der Waals surface area contributed by atoms with E-state index in [1.165, 1.54) is 27.9 Å². The molecule has 0 fully saturated rings. The largest absolute Gasteiger partial charge is 0.465 e. The van der Waals surface area contributed by atoms with Crippen LogP contribution in [0.3, 0.4) is 0 Å². The van der Waals surface area contributed by atoms with E-state index in [1.54, 1.807) is 5.32 Å². The molecule has 0 rings (SSSR count). The maximum absolute atomic E-state index is 12.1. The minimum absolute atomic E-state index is 0.340. The zero-order valence-electron chi connectivity index (χ0n) is 11.7. The van der Waals surface area contributed by atoms with E-state index in [4.69, 9.17) is 9.84 Å². The van der Waals surface area contributed by atoms with Crippen molar-refractivity contribution in [3.63, 3.8) is 0 Å². The Morgan fingerprint density at radius 1 is 1.30 bits per heavy atom. The van der Waals surface area contributed by atoms with Crippen molar-refractivity contribution in [1.82, 2.24) is 10.2 Å². The molecule has 6 nitrogen and oxygen atoms in total. The van der Waals surface area contributed by atoms with Gasteiger partial charge in [-0.3, -0.25) is 9.69 Å². The summed E-state index contributed by atoms with van der Waals surface area (Å²) in [6.45, 7) is 2.72. The van der Waals surface area contributed by atoms with Gasteiger partial charge in [0.15, 0.2) is 0 Å². The molecule has 0 aliphatic carbocycles. The highest BCUT2D eigenvalue weighted by Gasteiger charge is 2.38. The number of carbonyl (C=O) groups is 2. The smallest absolute Gasteiger partial charge is 0.408 e. The Labute approximate surface area is 114 Å². The minimum atomic E-state index is -4.57. The van der Waals surface area contributed by atoms with Crippen LogP contribution in [0.1, 0.15) is 20.8 Å². The van der Waals surface area contributed by atoms with Crippen LogP contribution in [0.15, 0.2) is 0 Å². The Hall–Kier alpha value is -1.51. The molecular weight excluding hydrogens is 281 g/mol. The molecule has 0 aromatic rings. The molecule has 118 valence electrons. The number of hydrogen-bond acceptors (Lipinski definition) is 3. The van der Waals surface area contributed by atoms with Gasteiger partial charge in [-0.1, -0.05) is 0 Å². The molecule has 0 heterocycles. The van der Waals surface area contributed by atoms with Crippen molar-refractivity contribution in [2.75, 3.05) is 20.3 Å². The first-order chi connectivity index (χ1) is 8.90. The topological polar surface area (TPSA) is 78.9 Å². The van der Waals surface area contributed by atoms with Crippen LogP contribution in [0.25, 0.3) is 0 Å². The number of carboxylic acid groups (broad SMARTS) is 1. The summed E-state index contributed by atoms with van der Waals surface area (Å²) in [4.78, 5) is 23.8. The third kappa shape index (κ3) is 6.09. The summed E-state index contributed by atoms with van der Waals surface area (Å²) in [5.74, 6) is -1.05. The van der Waals surface area contributed by atoms with Gasteiger partial charge >= 0.3 is 12.3 Å². The first-order valence-electron chi connectivity index (χ1n) is 5.76. The maximum atomic E-state index is 12.1. The van der Waals surface area contributed by atoms with Crippen LogP contribution >= 0.6 is 0 Å². The molecule has 0 saturated carbocycles. The monoisotopic (exact) mass is 300 g/mol. The predicted octanol–water partition coefficient (Wildman–Crippen LogP) is 1.46. The minimum Gasteiger partial charge on any atom is -0.465 e. The van der Waals surface area contributed by atoms with Gasteiger partial charge < -0.3 is 15.2 Å². The Morgan fingerprint density at radius 2 is 1.80 bits per heavy atom. The predicted molar refractivity (Wildman–Crippen MR) is 64.3 cm³/mol. The van der Waals surface area contributed by atoms with E-state index < -0.39 is 36.3 Å². The third-order valence-corrected chi connectivity index (χ3v) is 2.33. The Morgan fingerprint density at radius 3 is 2.10 bits per heavy atom. The van der Waals surface area contributed by atoms with Gasteiger partial charge in [-0.2, -0.15) is 13.2 Å². The van der Waals surface area contributed by atoms with Crippen LogP contribution < -0.4 is 5.32 Å². The lowest BCUT2D eigenvalue weighted by atomic mass is 10.0. The number of halogens is 3. The van der Waals surface area contributed by atoms with Crippen molar-refractivity contribution in [3.05, 3.63) is 0 Å². The van der Waals surface area contributed by atoms with Crippen molar-refractivity contribution in [1.29, 1.82) is 0 Å². The Kier molecular flexibility index (Phi) is 6.27. The number of alkyl halides is 3. The van der Waals surface area contributed by atoms with E-state index in [1.807, 2.05) is 0 Å². The summed E-state index contributed by atoms with van der Waals surface area (Å²) in [5, 5.41) is 10.8. The maximum Gasteiger partial charge on any atom is 0.408 e. The number of rotatable bonds is 5. The first-order valence-corrected chi connectivity index (χ1v) is 5.76. The highest BCUT2D eigenvalue weighted by molar-refractivity contribution is 5.85. The summed E-state index contributed by atoms with van der Waals surface area (Å²) < 4.78 is 41.0. The molecular formula is C11H19F3N2O4. The molecule has 0 aromatic heterocycles. The standard InChI is InChI=1S/C11H19F3N2O4/c1-10(2,3)16(9(18)19)7(5-20-4)8(17)15-6-11(12,13)14/h7H,5-6H2,1-4H3,(H,15,17)(H,18,19)/t7-/m0/s1. The molecule has 0 spiro atoms. The lowest BCUT2D eigenvalue weighted by molar-refractivity contribution is -0.143. The number of amides is 2. The summed E-state index contributed by atoms with van der Waals surface area (Å²) in [7, 11) is 1.23. The van der Waals surface area contributed by atoms with Gasteiger partial charge in [0.1, 0.15) is 12.6 Å². The first kappa shape index (κ1) is 18.5. The van der Waals surface area contributed by atoms with Crippen LogP contribution in [-0.2, 0) is 9.53 Å². The molecule has 0 aliphatic heterocycles. The molecule has 0 aliphatic rings. The lowest BCUT2D eigenvalue weighted by Gasteiger charge is -2.38. The van der Waals surface area contributed by atoms with Gasteiger partial charge in [-0.25, -0.2) is 4.79 Å². The van der Waals surface area contributed by atoms with Crippen molar-refractivity contribution in [3.8, 4) is 0 Å². The molecule has 20 heavy (non-hydrogen) atoms. The zero-order chi connectivity index (χ0) is 16.1. The van der Waals surface area contributed by atoms with Gasteiger partial charge in [0, 0.05) is 12.6 Å². The van der Waals surface area contributed by atoms with Crippen LogP contribution in [0.2, 0.25) is 0 Å². The lowest BCUT2D eigenvalue weighted by Crippen LogP contribution is -2.59. The van der Waals surface area contributed by atoms with E-state index in [9.17, 15) is 22.8 Å². The van der Waals surface area contributed by atoms with Crippen molar-refractivity contribution < 1.29 is 32.6 Å². The highest BCUT2D eigenvalue weighted by atomic mass is 19.4. The Bertz CT molecular complexity index is 353. The SMILES string of the molecule is COC[C@@H](C(=O)NCC(F)(F)F)N(C(=O)O)C(C)(C)C. The van der Waals surface area contributed by atoms with E-state index >= 15 is 0 Å². The fourth-order valence-electron chi connectivity index (χ4n) is 1.62. The van der Waals surface area contributed by atoms with E-state index in [0.717, 1.165) is 4.90 Å². The number of ether oxygens (including phenoxy) is 1. The molecule has 0 radical (unpaired) electrons. The van der Waals surface area contributed by atoms with Crippen molar-refractivity contribution in [2.45, 2.75) is 38.5 Å². The van der Waals surface area contributed by atoms with E-state index in [-0.39, 0.29) is 6.61 Å². The van der Waals surface area contributed by atoms with Gasteiger partial charge in [-0.15, -0.1) is 0 Å². The second-order valence-electron chi connectivity index (χ2n) is 5.13. The molecule has 2 N–H and O–H groups in total. The molecule has 0 unspecified atom stereocenters. The number of nitrogens with zero attached hydrogens (tertiary/aromatic N) is 1. The second kappa shape index (κ2) is 6.78. The number of methoxy groups -OCH3 is 1. The average molecular weight is 300 g/mol. The quantitative estimate of drug-likeness (QED) is 0.805. The number of carbonyl (C=O) groups excluding carboxylic acids is 1. The summed E-state index contributed by atoms with van der Waals surface area (Å²) in [6.07, 6.45) is -5.98. The fraction of sp³-hybridized carbons (Fsp3) is 0.818. The molecule has 2 amide bonds. The molecule has 1 atom stereocenters.